The van der Waals surface area contributed by atoms with Crippen molar-refractivity contribution in [1.82, 2.24) is 10.0 Å². The van der Waals surface area contributed by atoms with Crippen LogP contribution >= 0.6 is 0 Å². The van der Waals surface area contributed by atoms with Crippen molar-refractivity contribution in [3.05, 3.63) is 30.1 Å². The molecule has 2 rings (SSSR count). The molecule has 1 saturated heterocycles. The quantitative estimate of drug-likeness (QED) is 0.795. The van der Waals surface area contributed by atoms with Crippen molar-refractivity contribution in [2.24, 2.45) is 5.92 Å². The number of benzene rings is 1. The van der Waals surface area contributed by atoms with Crippen LogP contribution < -0.4 is 14.8 Å². The Morgan fingerprint density at radius 2 is 2.14 bits per heavy atom. The van der Waals surface area contributed by atoms with Gasteiger partial charge in [-0.25, -0.2) is 17.5 Å². The van der Waals surface area contributed by atoms with Gasteiger partial charge in [0.05, 0.1) is 11.8 Å². The van der Waals surface area contributed by atoms with Gasteiger partial charge in [0.15, 0.2) is 0 Å². The second-order valence-electron chi connectivity index (χ2n) is 5.76. The fourth-order valence-electron chi connectivity index (χ4n) is 2.53. The molecule has 0 bridgehead atoms. The van der Waals surface area contributed by atoms with E-state index in [1.165, 1.54) is 12.1 Å². The lowest BCUT2D eigenvalue weighted by Gasteiger charge is -2.23. The number of piperidine rings is 1. The number of hydrogen-bond acceptors (Lipinski definition) is 4. The molecule has 2 N–H and O–H groups in total. The SMILES string of the molecule is CC(COc1cccc(F)c1)NS(=O)(=O)CC1CCNCC1. The van der Waals surface area contributed by atoms with Gasteiger partial charge in [0.1, 0.15) is 18.2 Å². The molecular weight excluding hydrogens is 307 g/mol. The molecule has 1 unspecified atom stereocenters. The zero-order valence-electron chi connectivity index (χ0n) is 12.7. The van der Waals surface area contributed by atoms with Gasteiger partial charge in [-0.3, -0.25) is 0 Å². The molecule has 0 saturated carbocycles. The lowest BCUT2D eigenvalue weighted by atomic mass is 10.0. The van der Waals surface area contributed by atoms with E-state index >= 15 is 0 Å². The van der Waals surface area contributed by atoms with E-state index in [0.717, 1.165) is 25.9 Å². The zero-order chi connectivity index (χ0) is 16.0. The molecule has 1 fully saturated rings. The molecule has 0 spiro atoms. The minimum absolute atomic E-state index is 0.152. The van der Waals surface area contributed by atoms with E-state index in [2.05, 4.69) is 10.0 Å². The molecule has 1 aliphatic rings. The molecule has 0 amide bonds. The predicted octanol–water partition coefficient (Wildman–Crippen LogP) is 1.51. The van der Waals surface area contributed by atoms with Crippen LogP contribution in [0.25, 0.3) is 0 Å². The highest BCUT2D eigenvalue weighted by Gasteiger charge is 2.22. The minimum atomic E-state index is -3.32. The molecule has 0 aromatic heterocycles. The molecule has 0 aliphatic carbocycles. The summed E-state index contributed by atoms with van der Waals surface area (Å²) in [7, 11) is -3.32. The first-order chi connectivity index (χ1) is 10.4. The van der Waals surface area contributed by atoms with Crippen LogP contribution in [0.5, 0.6) is 5.75 Å². The maximum Gasteiger partial charge on any atom is 0.212 e. The largest absolute Gasteiger partial charge is 0.492 e. The second-order valence-corrected chi connectivity index (χ2v) is 7.56. The van der Waals surface area contributed by atoms with Gasteiger partial charge in [-0.05, 0) is 50.9 Å². The molecule has 0 radical (unpaired) electrons. The van der Waals surface area contributed by atoms with Crippen LogP contribution in [0.1, 0.15) is 19.8 Å². The number of rotatable bonds is 7. The summed E-state index contributed by atoms with van der Waals surface area (Å²) >= 11 is 0. The molecule has 22 heavy (non-hydrogen) atoms. The molecule has 1 atom stereocenters. The zero-order valence-corrected chi connectivity index (χ0v) is 13.5. The van der Waals surface area contributed by atoms with Crippen LogP contribution in [0.2, 0.25) is 0 Å². The number of ether oxygens (including phenoxy) is 1. The third-order valence-electron chi connectivity index (χ3n) is 3.59. The van der Waals surface area contributed by atoms with Gasteiger partial charge >= 0.3 is 0 Å². The highest BCUT2D eigenvalue weighted by Crippen LogP contribution is 2.14. The van der Waals surface area contributed by atoms with Crippen LogP contribution in [-0.2, 0) is 10.0 Å². The van der Waals surface area contributed by atoms with E-state index in [1.54, 1.807) is 19.1 Å². The Balaban J connectivity index is 1.78. The van der Waals surface area contributed by atoms with Gasteiger partial charge in [-0.1, -0.05) is 6.07 Å². The van der Waals surface area contributed by atoms with Crippen LogP contribution in [0.3, 0.4) is 0 Å². The summed E-state index contributed by atoms with van der Waals surface area (Å²) in [6, 6.07) is 5.43. The van der Waals surface area contributed by atoms with E-state index in [0.29, 0.717) is 5.75 Å². The Bertz CT molecular complexity index is 574. The molecule has 1 aromatic rings. The molecule has 1 aliphatic heterocycles. The summed E-state index contributed by atoms with van der Waals surface area (Å²) in [5.74, 6) is 0.370. The number of halogens is 1. The first kappa shape index (κ1) is 17.2. The lowest BCUT2D eigenvalue weighted by molar-refractivity contribution is 0.285. The smallest absolute Gasteiger partial charge is 0.212 e. The normalized spacial score (nSPS) is 18.1. The van der Waals surface area contributed by atoms with Gasteiger partial charge in [0, 0.05) is 6.07 Å². The van der Waals surface area contributed by atoms with Crippen molar-refractivity contribution in [3.8, 4) is 5.75 Å². The first-order valence-electron chi connectivity index (χ1n) is 7.54. The van der Waals surface area contributed by atoms with Gasteiger partial charge in [0.2, 0.25) is 10.0 Å². The molecule has 124 valence electrons. The topological polar surface area (TPSA) is 67.4 Å². The molecule has 5 nitrogen and oxygen atoms in total. The Morgan fingerprint density at radius 1 is 1.41 bits per heavy atom. The summed E-state index contributed by atoms with van der Waals surface area (Å²) in [5, 5.41) is 3.22. The molecule has 1 aromatic carbocycles. The van der Waals surface area contributed by atoms with Crippen LogP contribution in [0, 0.1) is 11.7 Å². The summed E-state index contributed by atoms with van der Waals surface area (Å²) < 4.78 is 45.3. The first-order valence-corrected chi connectivity index (χ1v) is 9.19. The maximum atomic E-state index is 13.0. The fourth-order valence-corrected chi connectivity index (χ4v) is 4.26. The van der Waals surface area contributed by atoms with Crippen molar-refractivity contribution in [1.29, 1.82) is 0 Å². The van der Waals surface area contributed by atoms with Gasteiger partial charge in [0.25, 0.3) is 0 Å². The average molecular weight is 330 g/mol. The highest BCUT2D eigenvalue weighted by molar-refractivity contribution is 7.89. The van der Waals surface area contributed by atoms with E-state index in [1.807, 2.05) is 0 Å². The van der Waals surface area contributed by atoms with Crippen molar-refractivity contribution in [3.63, 3.8) is 0 Å². The van der Waals surface area contributed by atoms with E-state index in [9.17, 15) is 12.8 Å². The van der Waals surface area contributed by atoms with Gasteiger partial charge in [-0.15, -0.1) is 0 Å². The molecule has 1 heterocycles. The standard InChI is InChI=1S/C15H23FN2O3S/c1-12(10-21-15-4-2-3-14(16)9-15)18-22(19,20)11-13-5-7-17-8-6-13/h2-4,9,12-13,17-18H,5-8,10-11H2,1H3. The fraction of sp³-hybridized carbons (Fsp3) is 0.600. The number of hydrogen-bond donors (Lipinski definition) is 2. The average Bonchev–Trinajstić information content (AvgIpc) is 2.45. The van der Waals surface area contributed by atoms with Crippen LogP contribution in [-0.4, -0.2) is 39.9 Å². The van der Waals surface area contributed by atoms with Crippen molar-refractivity contribution in [2.45, 2.75) is 25.8 Å². The molecule has 7 heteroatoms. The summed E-state index contributed by atoms with van der Waals surface area (Å²) in [6.45, 7) is 3.64. The van der Waals surface area contributed by atoms with Gasteiger partial charge in [-0.2, -0.15) is 0 Å². The molecular formula is C15H23FN2O3S. The van der Waals surface area contributed by atoms with Crippen molar-refractivity contribution in [2.75, 3.05) is 25.4 Å². The Labute approximate surface area is 131 Å². The lowest BCUT2D eigenvalue weighted by Crippen LogP contribution is -2.41. The monoisotopic (exact) mass is 330 g/mol. The number of sulfonamides is 1. The predicted molar refractivity (Wildman–Crippen MR) is 83.9 cm³/mol. The second kappa shape index (κ2) is 7.89. The summed E-state index contributed by atoms with van der Waals surface area (Å²) in [5.41, 5.74) is 0. The maximum absolute atomic E-state index is 13.0. The van der Waals surface area contributed by atoms with E-state index < -0.39 is 10.0 Å². The Morgan fingerprint density at radius 3 is 2.82 bits per heavy atom. The van der Waals surface area contributed by atoms with E-state index in [-0.39, 0.29) is 30.1 Å². The Hall–Kier alpha value is -1.18. The third-order valence-corrected chi connectivity index (χ3v) is 5.26. The van der Waals surface area contributed by atoms with E-state index in [4.69, 9.17) is 4.74 Å². The van der Waals surface area contributed by atoms with Crippen LogP contribution in [0.15, 0.2) is 24.3 Å². The minimum Gasteiger partial charge on any atom is -0.492 e. The van der Waals surface area contributed by atoms with Crippen LogP contribution in [0.4, 0.5) is 4.39 Å². The van der Waals surface area contributed by atoms with Gasteiger partial charge < -0.3 is 10.1 Å². The Kier molecular flexibility index (Phi) is 6.16. The van der Waals surface area contributed by atoms with Crippen molar-refractivity contribution < 1.29 is 17.5 Å². The highest BCUT2D eigenvalue weighted by atomic mass is 32.2. The summed E-state index contributed by atoms with van der Waals surface area (Å²) in [4.78, 5) is 0. The van der Waals surface area contributed by atoms with Crippen molar-refractivity contribution >= 4 is 10.0 Å². The third kappa shape index (κ3) is 5.90. The number of nitrogens with one attached hydrogen (secondary N) is 2. The summed E-state index contributed by atoms with van der Waals surface area (Å²) in [6.07, 6.45) is 1.77.